The maximum atomic E-state index is 13.1. The van der Waals surface area contributed by atoms with Crippen molar-refractivity contribution in [1.29, 1.82) is 0 Å². The Bertz CT molecular complexity index is 1050. The number of nitrogens with zero attached hydrogens (tertiary/aromatic N) is 2. The van der Waals surface area contributed by atoms with E-state index in [1.54, 1.807) is 12.1 Å². The molecule has 2 rings (SSSR count). The Labute approximate surface area is 201 Å². The predicted octanol–water partition coefficient (Wildman–Crippen LogP) is 7.23. The molecule has 0 aromatic heterocycles. The van der Waals surface area contributed by atoms with E-state index >= 15 is 0 Å². The number of carbonyl (C=O) groups is 1. The van der Waals surface area contributed by atoms with Crippen molar-refractivity contribution in [2.45, 2.75) is 32.4 Å². The van der Waals surface area contributed by atoms with E-state index in [0.717, 1.165) is 23.3 Å². The third-order valence-corrected chi connectivity index (χ3v) is 5.64. The lowest BCUT2D eigenvalue weighted by Crippen LogP contribution is -2.34. The minimum atomic E-state index is -4.54. The van der Waals surface area contributed by atoms with Crippen LogP contribution in [0.4, 0.5) is 13.2 Å². The van der Waals surface area contributed by atoms with E-state index in [4.69, 9.17) is 28.0 Å². The van der Waals surface area contributed by atoms with E-state index in [1.807, 2.05) is 26.0 Å². The Kier molecular flexibility index (Phi) is 9.37. The third-order valence-electron chi connectivity index (χ3n) is 4.90. The molecule has 0 heterocycles. The summed E-state index contributed by atoms with van der Waals surface area (Å²) < 4.78 is 39.2. The maximum absolute atomic E-state index is 13.1. The van der Waals surface area contributed by atoms with Crippen LogP contribution in [0.1, 0.15) is 47.7 Å². The molecule has 0 N–H and O–H groups in total. The normalized spacial score (nSPS) is 12.8. The SMILES string of the molecule is CO/N=C(\CN(C)C(=O)c1cccc(C(F)(F)F)c1)C(CC=C(C)C)c1ccc(Cl)c(Cl)c1. The molecule has 9 heteroatoms. The van der Waals surface area contributed by atoms with Crippen molar-refractivity contribution in [3.05, 3.63) is 80.8 Å². The second-order valence-corrected chi connectivity index (χ2v) is 8.56. The average Bonchev–Trinajstić information content (AvgIpc) is 2.75. The van der Waals surface area contributed by atoms with Gasteiger partial charge in [0.25, 0.3) is 5.91 Å². The fourth-order valence-corrected chi connectivity index (χ4v) is 3.54. The molecule has 0 bridgehead atoms. The van der Waals surface area contributed by atoms with Gasteiger partial charge in [0.1, 0.15) is 7.11 Å². The molecule has 0 aliphatic carbocycles. The van der Waals surface area contributed by atoms with Gasteiger partial charge in [-0.15, -0.1) is 0 Å². The number of benzene rings is 2. The molecule has 0 saturated carbocycles. The molecule has 0 aliphatic rings. The topological polar surface area (TPSA) is 41.9 Å². The first-order valence-electron chi connectivity index (χ1n) is 10.0. The average molecular weight is 501 g/mol. The number of hydrogen-bond acceptors (Lipinski definition) is 3. The van der Waals surface area contributed by atoms with Crippen LogP contribution in [0.25, 0.3) is 0 Å². The molecular formula is C24H25Cl2F3N2O2. The number of rotatable bonds is 8. The second kappa shape index (κ2) is 11.6. The summed E-state index contributed by atoms with van der Waals surface area (Å²) in [5, 5.41) is 4.92. The Balaban J connectivity index is 2.37. The van der Waals surface area contributed by atoms with E-state index in [9.17, 15) is 18.0 Å². The smallest absolute Gasteiger partial charge is 0.399 e. The largest absolute Gasteiger partial charge is 0.416 e. The Hall–Kier alpha value is -2.51. The first kappa shape index (κ1) is 26.7. The predicted molar refractivity (Wildman–Crippen MR) is 126 cm³/mol. The molecule has 178 valence electrons. The summed E-state index contributed by atoms with van der Waals surface area (Å²) in [6, 6.07) is 9.55. The highest BCUT2D eigenvalue weighted by Crippen LogP contribution is 2.31. The van der Waals surface area contributed by atoms with Gasteiger partial charge in [-0.1, -0.05) is 52.1 Å². The van der Waals surface area contributed by atoms with Crippen LogP contribution in [0.3, 0.4) is 0 Å². The van der Waals surface area contributed by atoms with Crippen LogP contribution in [0.5, 0.6) is 0 Å². The van der Waals surface area contributed by atoms with Crippen LogP contribution >= 0.6 is 23.2 Å². The molecule has 0 radical (unpaired) electrons. The standard InChI is InChI=1S/C24H25Cl2F3N2O2/c1-15(2)8-10-19(16-9-11-20(25)21(26)13-16)22(30-33-4)14-31(3)23(32)17-6-5-7-18(12-17)24(27,28)29/h5-9,11-13,19H,10,14H2,1-4H3/b30-22+. The zero-order valence-electron chi connectivity index (χ0n) is 18.7. The molecule has 2 aromatic carbocycles. The van der Waals surface area contributed by atoms with Crippen LogP contribution < -0.4 is 0 Å². The van der Waals surface area contributed by atoms with Crippen molar-refractivity contribution >= 4 is 34.8 Å². The minimum Gasteiger partial charge on any atom is -0.399 e. The van der Waals surface area contributed by atoms with Gasteiger partial charge in [0, 0.05) is 18.5 Å². The van der Waals surface area contributed by atoms with Crippen LogP contribution in [0.15, 0.2) is 59.3 Å². The van der Waals surface area contributed by atoms with Gasteiger partial charge in [-0.2, -0.15) is 13.2 Å². The Morgan fingerprint density at radius 2 is 1.85 bits per heavy atom. The van der Waals surface area contributed by atoms with E-state index in [1.165, 1.54) is 31.2 Å². The summed E-state index contributed by atoms with van der Waals surface area (Å²) in [4.78, 5) is 19.2. The van der Waals surface area contributed by atoms with Crippen molar-refractivity contribution in [3.63, 3.8) is 0 Å². The lowest BCUT2D eigenvalue weighted by atomic mass is 9.89. The van der Waals surface area contributed by atoms with E-state index < -0.39 is 17.6 Å². The van der Waals surface area contributed by atoms with Crippen molar-refractivity contribution in [2.75, 3.05) is 20.7 Å². The van der Waals surface area contributed by atoms with Crippen LogP contribution in [-0.4, -0.2) is 37.2 Å². The van der Waals surface area contributed by atoms with Crippen LogP contribution in [0.2, 0.25) is 10.0 Å². The summed E-state index contributed by atoms with van der Waals surface area (Å²) in [7, 11) is 2.89. The monoisotopic (exact) mass is 500 g/mol. The molecule has 1 amide bonds. The second-order valence-electron chi connectivity index (χ2n) is 7.75. The van der Waals surface area contributed by atoms with Gasteiger partial charge in [-0.05, 0) is 56.2 Å². The highest BCUT2D eigenvalue weighted by Gasteiger charge is 2.31. The summed E-state index contributed by atoms with van der Waals surface area (Å²) >= 11 is 12.3. The van der Waals surface area contributed by atoms with E-state index in [-0.39, 0.29) is 18.0 Å². The van der Waals surface area contributed by atoms with Gasteiger partial charge in [-0.3, -0.25) is 4.79 Å². The first-order valence-corrected chi connectivity index (χ1v) is 10.8. The summed E-state index contributed by atoms with van der Waals surface area (Å²) in [5.41, 5.74) is 1.46. The molecule has 0 aliphatic heterocycles. The maximum Gasteiger partial charge on any atom is 0.416 e. The molecular weight excluding hydrogens is 476 g/mol. The van der Waals surface area contributed by atoms with Gasteiger partial charge in [0.2, 0.25) is 0 Å². The molecule has 0 saturated heterocycles. The van der Waals surface area contributed by atoms with Gasteiger partial charge >= 0.3 is 6.18 Å². The Morgan fingerprint density at radius 3 is 2.42 bits per heavy atom. The highest BCUT2D eigenvalue weighted by molar-refractivity contribution is 6.42. The van der Waals surface area contributed by atoms with E-state index in [0.29, 0.717) is 22.2 Å². The third kappa shape index (κ3) is 7.51. The summed E-state index contributed by atoms with van der Waals surface area (Å²) in [5.74, 6) is -0.869. The van der Waals surface area contributed by atoms with Gasteiger partial charge in [0.15, 0.2) is 0 Å². The van der Waals surface area contributed by atoms with E-state index in [2.05, 4.69) is 5.16 Å². The molecule has 0 fully saturated rings. The highest BCUT2D eigenvalue weighted by atomic mass is 35.5. The first-order chi connectivity index (χ1) is 15.4. The zero-order chi connectivity index (χ0) is 24.8. The van der Waals surface area contributed by atoms with Crippen molar-refractivity contribution in [3.8, 4) is 0 Å². The van der Waals surface area contributed by atoms with Gasteiger partial charge < -0.3 is 9.74 Å². The number of allylic oxidation sites excluding steroid dienone is 2. The van der Waals surface area contributed by atoms with Crippen molar-refractivity contribution in [1.82, 2.24) is 4.90 Å². The molecule has 4 nitrogen and oxygen atoms in total. The van der Waals surface area contributed by atoms with Gasteiger partial charge in [0.05, 0.1) is 27.9 Å². The molecule has 2 aromatic rings. The quantitative estimate of drug-likeness (QED) is 0.218. The number of amides is 1. The Morgan fingerprint density at radius 1 is 1.15 bits per heavy atom. The summed E-state index contributed by atoms with van der Waals surface area (Å²) in [6.07, 6.45) is -1.97. The lowest BCUT2D eigenvalue weighted by molar-refractivity contribution is -0.137. The number of hydrogen-bond donors (Lipinski definition) is 0. The molecule has 33 heavy (non-hydrogen) atoms. The van der Waals surface area contributed by atoms with Crippen LogP contribution in [-0.2, 0) is 11.0 Å². The fraction of sp³-hybridized carbons (Fsp3) is 0.333. The van der Waals surface area contributed by atoms with Crippen molar-refractivity contribution < 1.29 is 22.8 Å². The lowest BCUT2D eigenvalue weighted by Gasteiger charge is -2.24. The number of halogens is 5. The van der Waals surface area contributed by atoms with Crippen LogP contribution in [0, 0.1) is 0 Å². The molecule has 1 atom stereocenters. The molecule has 0 spiro atoms. The minimum absolute atomic E-state index is 0.0322. The number of alkyl halides is 3. The number of carbonyl (C=O) groups excluding carboxylic acids is 1. The molecule has 1 unspecified atom stereocenters. The number of oxime groups is 1. The summed E-state index contributed by atoms with van der Waals surface area (Å²) in [6.45, 7) is 3.95. The zero-order valence-corrected chi connectivity index (χ0v) is 20.2. The van der Waals surface area contributed by atoms with Gasteiger partial charge in [-0.25, -0.2) is 0 Å². The fourth-order valence-electron chi connectivity index (χ4n) is 3.23. The van der Waals surface area contributed by atoms with Crippen molar-refractivity contribution in [2.24, 2.45) is 5.16 Å².